The lowest BCUT2D eigenvalue weighted by Gasteiger charge is -2.05. The Hall–Kier alpha value is -0.910. The van der Waals surface area contributed by atoms with E-state index in [1.165, 1.54) is 4.88 Å². The Morgan fingerprint density at radius 3 is 2.94 bits per heavy atom. The Morgan fingerprint density at radius 1 is 1.35 bits per heavy atom. The van der Waals surface area contributed by atoms with Crippen LogP contribution in [0.1, 0.15) is 11.3 Å². The van der Waals surface area contributed by atoms with Crippen LogP contribution in [0.2, 0.25) is 5.28 Å². The Labute approximate surface area is 109 Å². The molecule has 2 aromatic rings. The SMILES string of the molecule is COCCCOc1nc(Cl)nc2sc(C)cc12. The second-order valence-electron chi connectivity index (χ2n) is 3.57. The molecule has 0 saturated carbocycles. The van der Waals surface area contributed by atoms with Gasteiger partial charge >= 0.3 is 0 Å². The van der Waals surface area contributed by atoms with Crippen molar-refractivity contribution in [2.24, 2.45) is 0 Å². The van der Waals surface area contributed by atoms with Crippen molar-refractivity contribution in [1.82, 2.24) is 9.97 Å². The summed E-state index contributed by atoms with van der Waals surface area (Å²) in [5, 5.41) is 1.15. The van der Waals surface area contributed by atoms with Crippen LogP contribution in [-0.2, 0) is 4.74 Å². The molecule has 0 aromatic carbocycles. The van der Waals surface area contributed by atoms with Crippen LogP contribution in [0.4, 0.5) is 0 Å². The molecule has 0 aliphatic rings. The van der Waals surface area contributed by atoms with Gasteiger partial charge in [0, 0.05) is 25.0 Å². The van der Waals surface area contributed by atoms with Crippen molar-refractivity contribution in [2.75, 3.05) is 20.3 Å². The maximum absolute atomic E-state index is 5.85. The molecule has 0 saturated heterocycles. The first-order chi connectivity index (χ1) is 8.20. The van der Waals surface area contributed by atoms with E-state index in [0.717, 1.165) is 16.6 Å². The van der Waals surface area contributed by atoms with Crippen LogP contribution >= 0.6 is 22.9 Å². The first kappa shape index (κ1) is 12.5. The maximum Gasteiger partial charge on any atom is 0.227 e. The van der Waals surface area contributed by atoms with Gasteiger partial charge in [-0.25, -0.2) is 4.98 Å². The molecule has 0 spiro atoms. The zero-order valence-corrected chi connectivity index (χ0v) is 11.3. The van der Waals surface area contributed by atoms with Crippen LogP contribution in [0.25, 0.3) is 10.2 Å². The van der Waals surface area contributed by atoms with Crippen LogP contribution in [0.3, 0.4) is 0 Å². The molecule has 0 radical (unpaired) electrons. The number of hydrogen-bond acceptors (Lipinski definition) is 5. The fourth-order valence-electron chi connectivity index (χ4n) is 1.47. The van der Waals surface area contributed by atoms with Gasteiger partial charge in [0.1, 0.15) is 4.83 Å². The van der Waals surface area contributed by atoms with Crippen molar-refractivity contribution in [3.63, 3.8) is 0 Å². The summed E-state index contributed by atoms with van der Waals surface area (Å²) in [5.74, 6) is 0.556. The summed E-state index contributed by atoms with van der Waals surface area (Å²) in [6.07, 6.45) is 0.822. The number of rotatable bonds is 5. The summed E-state index contributed by atoms with van der Waals surface area (Å²) in [4.78, 5) is 10.3. The summed E-state index contributed by atoms with van der Waals surface area (Å²) in [6.45, 7) is 3.25. The molecule has 6 heteroatoms. The fraction of sp³-hybridized carbons (Fsp3) is 0.455. The summed E-state index contributed by atoms with van der Waals surface area (Å²) < 4.78 is 10.6. The molecular weight excluding hydrogens is 260 g/mol. The summed E-state index contributed by atoms with van der Waals surface area (Å²) in [7, 11) is 1.67. The van der Waals surface area contributed by atoms with E-state index < -0.39 is 0 Å². The Morgan fingerprint density at radius 2 is 2.18 bits per heavy atom. The molecule has 0 unspecified atom stereocenters. The minimum absolute atomic E-state index is 0.223. The molecular formula is C11H13ClN2O2S. The second-order valence-corrected chi connectivity index (χ2v) is 5.14. The highest BCUT2D eigenvalue weighted by atomic mass is 35.5. The lowest BCUT2D eigenvalue weighted by atomic mass is 10.3. The minimum Gasteiger partial charge on any atom is -0.477 e. The van der Waals surface area contributed by atoms with Gasteiger partial charge in [-0.1, -0.05) is 0 Å². The van der Waals surface area contributed by atoms with Crippen molar-refractivity contribution in [3.8, 4) is 5.88 Å². The van der Waals surface area contributed by atoms with Gasteiger partial charge in [0.2, 0.25) is 11.2 Å². The predicted octanol–water partition coefficient (Wildman–Crippen LogP) is 3.07. The van der Waals surface area contributed by atoms with Gasteiger partial charge in [-0.2, -0.15) is 4.98 Å². The second kappa shape index (κ2) is 5.62. The van der Waals surface area contributed by atoms with Gasteiger partial charge in [0.25, 0.3) is 0 Å². The van der Waals surface area contributed by atoms with Crippen molar-refractivity contribution >= 4 is 33.2 Å². The molecule has 17 heavy (non-hydrogen) atoms. The monoisotopic (exact) mass is 272 g/mol. The molecule has 0 fully saturated rings. The van der Waals surface area contributed by atoms with Crippen molar-refractivity contribution < 1.29 is 9.47 Å². The maximum atomic E-state index is 5.85. The quantitative estimate of drug-likeness (QED) is 0.620. The molecule has 0 atom stereocenters. The van der Waals surface area contributed by atoms with Gasteiger partial charge in [0.15, 0.2) is 0 Å². The number of nitrogens with zero attached hydrogens (tertiary/aromatic N) is 2. The van der Waals surface area contributed by atoms with E-state index >= 15 is 0 Å². The molecule has 0 N–H and O–H groups in total. The third kappa shape index (κ3) is 3.06. The van der Waals surface area contributed by atoms with E-state index in [9.17, 15) is 0 Å². The van der Waals surface area contributed by atoms with Gasteiger partial charge in [-0.15, -0.1) is 11.3 Å². The van der Waals surface area contributed by atoms with Gasteiger partial charge in [-0.05, 0) is 24.6 Å². The number of thiophene rings is 1. The lowest BCUT2D eigenvalue weighted by molar-refractivity contribution is 0.171. The van der Waals surface area contributed by atoms with Crippen LogP contribution in [0, 0.1) is 6.92 Å². The molecule has 0 aliphatic heterocycles. The Balaban J connectivity index is 2.19. The molecule has 0 amide bonds. The average molecular weight is 273 g/mol. The van der Waals surface area contributed by atoms with Gasteiger partial charge < -0.3 is 9.47 Å². The summed E-state index contributed by atoms with van der Waals surface area (Å²) in [5.41, 5.74) is 0. The van der Waals surface area contributed by atoms with Crippen LogP contribution in [0.15, 0.2) is 6.07 Å². The van der Waals surface area contributed by atoms with E-state index in [1.807, 2.05) is 13.0 Å². The van der Waals surface area contributed by atoms with E-state index in [1.54, 1.807) is 18.4 Å². The van der Waals surface area contributed by atoms with Crippen molar-refractivity contribution in [1.29, 1.82) is 0 Å². The molecule has 0 aliphatic carbocycles. The molecule has 4 nitrogen and oxygen atoms in total. The normalized spacial score (nSPS) is 11.0. The smallest absolute Gasteiger partial charge is 0.227 e. The van der Waals surface area contributed by atoms with Crippen LogP contribution in [0.5, 0.6) is 5.88 Å². The largest absolute Gasteiger partial charge is 0.477 e. The highest BCUT2D eigenvalue weighted by molar-refractivity contribution is 7.18. The zero-order valence-electron chi connectivity index (χ0n) is 9.70. The topological polar surface area (TPSA) is 44.2 Å². The van der Waals surface area contributed by atoms with Crippen molar-refractivity contribution in [2.45, 2.75) is 13.3 Å². The van der Waals surface area contributed by atoms with Gasteiger partial charge in [0.05, 0.1) is 12.0 Å². The number of ether oxygens (including phenoxy) is 2. The third-order valence-corrected chi connectivity index (χ3v) is 3.30. The Kier molecular flexibility index (Phi) is 4.15. The average Bonchev–Trinajstić information content (AvgIpc) is 2.64. The number of aryl methyl sites for hydroxylation is 1. The molecule has 2 heterocycles. The fourth-order valence-corrected chi connectivity index (χ4v) is 2.55. The first-order valence-electron chi connectivity index (χ1n) is 5.26. The molecule has 2 rings (SSSR count). The highest BCUT2D eigenvalue weighted by Gasteiger charge is 2.10. The Bertz CT molecular complexity index is 515. The summed E-state index contributed by atoms with van der Waals surface area (Å²) in [6, 6.07) is 2.02. The minimum atomic E-state index is 0.223. The van der Waals surface area contributed by atoms with E-state index in [2.05, 4.69) is 9.97 Å². The third-order valence-electron chi connectivity index (χ3n) is 2.19. The molecule has 0 bridgehead atoms. The van der Waals surface area contributed by atoms with E-state index in [4.69, 9.17) is 21.1 Å². The highest BCUT2D eigenvalue weighted by Crippen LogP contribution is 2.30. The van der Waals surface area contributed by atoms with E-state index in [0.29, 0.717) is 19.1 Å². The predicted molar refractivity (Wildman–Crippen MR) is 69.2 cm³/mol. The molecule has 92 valence electrons. The molecule has 2 aromatic heterocycles. The van der Waals surface area contributed by atoms with Gasteiger partial charge in [-0.3, -0.25) is 0 Å². The number of halogens is 1. The lowest BCUT2D eigenvalue weighted by Crippen LogP contribution is -2.03. The zero-order chi connectivity index (χ0) is 12.3. The summed E-state index contributed by atoms with van der Waals surface area (Å²) >= 11 is 7.44. The number of hydrogen-bond donors (Lipinski definition) is 0. The first-order valence-corrected chi connectivity index (χ1v) is 6.45. The number of fused-ring (bicyclic) bond motifs is 1. The number of aromatic nitrogens is 2. The standard InChI is InChI=1S/C11H13ClN2O2S/c1-7-6-8-9(16-5-3-4-15-2)13-11(12)14-10(8)17-7/h6H,3-5H2,1-2H3. The number of methoxy groups -OCH3 is 1. The van der Waals surface area contributed by atoms with E-state index in [-0.39, 0.29) is 5.28 Å². The van der Waals surface area contributed by atoms with Crippen LogP contribution < -0.4 is 4.74 Å². The van der Waals surface area contributed by atoms with Crippen LogP contribution in [-0.4, -0.2) is 30.3 Å². The van der Waals surface area contributed by atoms with Crippen molar-refractivity contribution in [3.05, 3.63) is 16.2 Å².